The number of benzene rings is 1. The van der Waals surface area contributed by atoms with Gasteiger partial charge in [0.25, 0.3) is 0 Å². The highest BCUT2D eigenvalue weighted by atomic mass is 19.1. The van der Waals surface area contributed by atoms with E-state index in [0.717, 1.165) is 38.2 Å². The second-order valence-corrected chi connectivity index (χ2v) is 5.69. The van der Waals surface area contributed by atoms with Gasteiger partial charge < -0.3 is 15.0 Å². The minimum Gasteiger partial charge on any atom is -0.383 e. The van der Waals surface area contributed by atoms with Gasteiger partial charge in [-0.1, -0.05) is 32.0 Å². The van der Waals surface area contributed by atoms with Gasteiger partial charge in [0.05, 0.1) is 6.61 Å². The lowest BCUT2D eigenvalue weighted by atomic mass is 9.93. The third-order valence-electron chi connectivity index (χ3n) is 3.70. The zero-order valence-corrected chi connectivity index (χ0v) is 13.7. The van der Waals surface area contributed by atoms with E-state index in [-0.39, 0.29) is 11.9 Å². The first-order valence-corrected chi connectivity index (χ1v) is 7.75. The zero-order chi connectivity index (χ0) is 15.7. The van der Waals surface area contributed by atoms with Gasteiger partial charge in [-0.15, -0.1) is 0 Å². The molecule has 2 atom stereocenters. The van der Waals surface area contributed by atoms with E-state index in [2.05, 4.69) is 31.1 Å². The molecule has 1 N–H and O–H groups in total. The molecule has 0 aliphatic rings. The Hall–Kier alpha value is -0.970. The standard InChI is InChI=1S/C17H29FN2O/c1-5-10-19-17(15-8-6-7-9-16(15)18)14(2)13-20(3)11-12-21-4/h6-9,14,17,19H,5,10-13H2,1-4H3. The summed E-state index contributed by atoms with van der Waals surface area (Å²) in [5, 5.41) is 3.49. The van der Waals surface area contributed by atoms with Crippen molar-refractivity contribution in [2.45, 2.75) is 26.3 Å². The highest BCUT2D eigenvalue weighted by molar-refractivity contribution is 5.22. The number of rotatable bonds is 10. The van der Waals surface area contributed by atoms with E-state index in [9.17, 15) is 4.39 Å². The fourth-order valence-corrected chi connectivity index (χ4v) is 2.58. The largest absolute Gasteiger partial charge is 0.383 e. The van der Waals surface area contributed by atoms with Crippen LogP contribution in [0.1, 0.15) is 31.9 Å². The predicted octanol–water partition coefficient (Wildman–Crippen LogP) is 3.08. The smallest absolute Gasteiger partial charge is 0.127 e. The summed E-state index contributed by atoms with van der Waals surface area (Å²) in [6.07, 6.45) is 1.04. The SMILES string of the molecule is CCCNC(c1ccccc1F)C(C)CN(C)CCOC. The lowest BCUT2D eigenvalue weighted by Crippen LogP contribution is -2.36. The molecule has 0 spiro atoms. The molecule has 120 valence electrons. The van der Waals surface area contributed by atoms with E-state index < -0.39 is 0 Å². The van der Waals surface area contributed by atoms with Gasteiger partial charge in [-0.3, -0.25) is 0 Å². The summed E-state index contributed by atoms with van der Waals surface area (Å²) < 4.78 is 19.2. The van der Waals surface area contributed by atoms with Gasteiger partial charge in [0, 0.05) is 31.8 Å². The Kier molecular flexibility index (Phi) is 8.50. The molecule has 3 nitrogen and oxygen atoms in total. The Balaban J connectivity index is 2.75. The highest BCUT2D eigenvalue weighted by Gasteiger charge is 2.22. The van der Waals surface area contributed by atoms with Crippen molar-refractivity contribution in [1.82, 2.24) is 10.2 Å². The Bertz CT molecular complexity index is 400. The van der Waals surface area contributed by atoms with Crippen LogP contribution in [0.2, 0.25) is 0 Å². The Labute approximate surface area is 128 Å². The number of likely N-dealkylation sites (N-methyl/N-ethyl adjacent to an activating group) is 1. The van der Waals surface area contributed by atoms with Gasteiger partial charge in [-0.25, -0.2) is 4.39 Å². The molecule has 0 saturated heterocycles. The third kappa shape index (κ3) is 6.12. The predicted molar refractivity (Wildman–Crippen MR) is 86.0 cm³/mol. The van der Waals surface area contributed by atoms with Crippen molar-refractivity contribution < 1.29 is 9.13 Å². The van der Waals surface area contributed by atoms with E-state index in [1.54, 1.807) is 13.2 Å². The van der Waals surface area contributed by atoms with Crippen LogP contribution in [0.25, 0.3) is 0 Å². The number of nitrogens with zero attached hydrogens (tertiary/aromatic N) is 1. The normalized spacial score (nSPS) is 14.4. The van der Waals surface area contributed by atoms with Crippen molar-refractivity contribution in [3.05, 3.63) is 35.6 Å². The number of hydrogen-bond acceptors (Lipinski definition) is 3. The van der Waals surface area contributed by atoms with Crippen molar-refractivity contribution in [1.29, 1.82) is 0 Å². The number of hydrogen-bond donors (Lipinski definition) is 1. The molecule has 0 radical (unpaired) electrons. The molecule has 1 rings (SSSR count). The van der Waals surface area contributed by atoms with Crippen molar-refractivity contribution in [2.24, 2.45) is 5.92 Å². The fourth-order valence-electron chi connectivity index (χ4n) is 2.58. The van der Waals surface area contributed by atoms with Gasteiger partial charge >= 0.3 is 0 Å². The zero-order valence-electron chi connectivity index (χ0n) is 13.7. The van der Waals surface area contributed by atoms with Crippen LogP contribution in [0, 0.1) is 11.7 Å². The van der Waals surface area contributed by atoms with Crippen LogP contribution >= 0.6 is 0 Å². The average molecular weight is 296 g/mol. The summed E-state index contributed by atoms with van der Waals surface area (Å²) in [6.45, 7) is 7.70. The van der Waals surface area contributed by atoms with Gasteiger partial charge in [0.1, 0.15) is 5.82 Å². The van der Waals surface area contributed by atoms with Gasteiger partial charge in [-0.05, 0) is 32.0 Å². The Morgan fingerprint density at radius 1 is 1.33 bits per heavy atom. The van der Waals surface area contributed by atoms with E-state index in [4.69, 9.17) is 4.74 Å². The fraction of sp³-hybridized carbons (Fsp3) is 0.647. The Morgan fingerprint density at radius 2 is 2.05 bits per heavy atom. The number of nitrogens with one attached hydrogen (secondary N) is 1. The molecular weight excluding hydrogens is 267 g/mol. The van der Waals surface area contributed by atoms with E-state index in [0.29, 0.717) is 5.92 Å². The molecule has 0 saturated carbocycles. The second-order valence-electron chi connectivity index (χ2n) is 5.69. The number of methoxy groups -OCH3 is 1. The number of ether oxygens (including phenoxy) is 1. The topological polar surface area (TPSA) is 24.5 Å². The van der Waals surface area contributed by atoms with Crippen LogP contribution in [-0.2, 0) is 4.74 Å². The van der Waals surface area contributed by atoms with Crippen LogP contribution in [-0.4, -0.2) is 45.3 Å². The summed E-state index contributed by atoms with van der Waals surface area (Å²) in [6, 6.07) is 7.10. The highest BCUT2D eigenvalue weighted by Crippen LogP contribution is 2.25. The van der Waals surface area contributed by atoms with Crippen LogP contribution in [0.4, 0.5) is 4.39 Å². The molecule has 0 fully saturated rings. The van der Waals surface area contributed by atoms with E-state index >= 15 is 0 Å². The molecule has 4 heteroatoms. The molecule has 0 aliphatic carbocycles. The van der Waals surface area contributed by atoms with Crippen LogP contribution in [0.3, 0.4) is 0 Å². The summed E-state index contributed by atoms with van der Waals surface area (Å²) in [4.78, 5) is 2.23. The van der Waals surface area contributed by atoms with E-state index in [1.165, 1.54) is 6.07 Å². The first-order valence-electron chi connectivity index (χ1n) is 7.75. The third-order valence-corrected chi connectivity index (χ3v) is 3.70. The van der Waals surface area contributed by atoms with Crippen LogP contribution in [0.15, 0.2) is 24.3 Å². The van der Waals surface area contributed by atoms with Gasteiger partial charge in [-0.2, -0.15) is 0 Å². The minimum absolute atomic E-state index is 0.0381. The van der Waals surface area contributed by atoms with Crippen molar-refractivity contribution in [3.63, 3.8) is 0 Å². The molecule has 1 aromatic carbocycles. The molecule has 0 bridgehead atoms. The monoisotopic (exact) mass is 296 g/mol. The maximum absolute atomic E-state index is 14.1. The van der Waals surface area contributed by atoms with Crippen molar-refractivity contribution in [3.8, 4) is 0 Å². The quantitative estimate of drug-likeness (QED) is 0.718. The second kappa shape index (κ2) is 9.87. The molecule has 0 amide bonds. The average Bonchev–Trinajstić information content (AvgIpc) is 2.47. The first-order chi connectivity index (χ1) is 10.1. The van der Waals surface area contributed by atoms with Crippen LogP contribution < -0.4 is 5.32 Å². The van der Waals surface area contributed by atoms with Crippen LogP contribution in [0.5, 0.6) is 0 Å². The minimum atomic E-state index is -0.127. The maximum atomic E-state index is 14.1. The van der Waals surface area contributed by atoms with Crippen molar-refractivity contribution in [2.75, 3.05) is 40.4 Å². The lowest BCUT2D eigenvalue weighted by Gasteiger charge is -2.29. The summed E-state index contributed by atoms with van der Waals surface area (Å²) in [7, 11) is 3.79. The number of halogens is 1. The first kappa shape index (κ1) is 18.1. The summed E-state index contributed by atoms with van der Waals surface area (Å²) in [5.74, 6) is 0.188. The molecular formula is C17H29FN2O. The molecule has 0 heterocycles. The Morgan fingerprint density at radius 3 is 2.67 bits per heavy atom. The molecule has 21 heavy (non-hydrogen) atoms. The van der Waals surface area contributed by atoms with Crippen molar-refractivity contribution >= 4 is 0 Å². The molecule has 0 aliphatic heterocycles. The maximum Gasteiger partial charge on any atom is 0.127 e. The lowest BCUT2D eigenvalue weighted by molar-refractivity contribution is 0.148. The summed E-state index contributed by atoms with van der Waals surface area (Å²) >= 11 is 0. The summed E-state index contributed by atoms with van der Waals surface area (Å²) in [5.41, 5.74) is 0.763. The van der Waals surface area contributed by atoms with Gasteiger partial charge in [0.2, 0.25) is 0 Å². The van der Waals surface area contributed by atoms with Gasteiger partial charge in [0.15, 0.2) is 0 Å². The molecule has 0 aromatic heterocycles. The van der Waals surface area contributed by atoms with E-state index in [1.807, 2.05) is 12.1 Å². The molecule has 2 unspecified atom stereocenters. The molecule has 1 aromatic rings.